The Kier molecular flexibility index (Phi) is 7.50. The molecule has 0 radical (unpaired) electrons. The van der Waals surface area contributed by atoms with E-state index in [4.69, 9.17) is 23.2 Å². The largest absolute Gasteiger partial charge is 0.342 e. The molecule has 1 atom stereocenters. The average molecular weight is 414 g/mol. The number of likely N-dealkylation sites (tertiary alicyclic amines) is 1. The number of amides is 3. The molecule has 0 bridgehead atoms. The van der Waals surface area contributed by atoms with Gasteiger partial charge in [-0.3, -0.25) is 14.4 Å². The quantitative estimate of drug-likeness (QED) is 0.719. The first-order valence-electron chi connectivity index (χ1n) is 9.08. The van der Waals surface area contributed by atoms with Crippen molar-refractivity contribution >= 4 is 40.9 Å². The second kappa shape index (κ2) is 9.42. The number of nitrogens with zero attached hydrogens (tertiary/aromatic N) is 3. The van der Waals surface area contributed by atoms with Gasteiger partial charge in [0.2, 0.25) is 11.8 Å². The molecular weight excluding hydrogens is 389 g/mol. The van der Waals surface area contributed by atoms with Crippen LogP contribution in [0.15, 0.2) is 18.2 Å². The minimum Gasteiger partial charge on any atom is -0.342 e. The summed E-state index contributed by atoms with van der Waals surface area (Å²) in [5.41, 5.74) is 0.394. The number of halogens is 2. The van der Waals surface area contributed by atoms with Crippen molar-refractivity contribution < 1.29 is 14.4 Å². The summed E-state index contributed by atoms with van der Waals surface area (Å²) in [7, 11) is 1.60. The van der Waals surface area contributed by atoms with E-state index < -0.39 is 6.04 Å². The summed E-state index contributed by atoms with van der Waals surface area (Å²) >= 11 is 11.9. The van der Waals surface area contributed by atoms with Gasteiger partial charge in [0.25, 0.3) is 5.91 Å². The van der Waals surface area contributed by atoms with Crippen LogP contribution in [0, 0.1) is 0 Å². The topological polar surface area (TPSA) is 60.9 Å². The van der Waals surface area contributed by atoms with Crippen LogP contribution in [-0.4, -0.2) is 71.7 Å². The molecule has 8 heteroatoms. The lowest BCUT2D eigenvalue weighted by Crippen LogP contribution is -2.49. The summed E-state index contributed by atoms with van der Waals surface area (Å²) in [5.74, 6) is -0.578. The molecule has 2 rings (SSSR count). The zero-order valence-corrected chi connectivity index (χ0v) is 17.4. The molecule has 27 heavy (non-hydrogen) atoms. The van der Waals surface area contributed by atoms with Gasteiger partial charge in [0.05, 0.1) is 16.6 Å². The van der Waals surface area contributed by atoms with Crippen LogP contribution in [0.25, 0.3) is 0 Å². The number of benzene rings is 1. The van der Waals surface area contributed by atoms with Crippen molar-refractivity contribution in [1.29, 1.82) is 0 Å². The second-order valence-electron chi connectivity index (χ2n) is 6.55. The first-order valence-corrected chi connectivity index (χ1v) is 9.84. The molecule has 0 saturated carbocycles. The highest BCUT2D eigenvalue weighted by Gasteiger charge is 2.36. The molecule has 1 unspecified atom stereocenters. The first kappa shape index (κ1) is 21.5. The minimum atomic E-state index is -0.568. The molecule has 148 valence electrons. The molecule has 1 aliphatic heterocycles. The summed E-state index contributed by atoms with van der Waals surface area (Å²) in [6, 6.07) is 4.12. The lowest BCUT2D eigenvalue weighted by Gasteiger charge is -2.29. The lowest BCUT2D eigenvalue weighted by atomic mass is 10.1. The zero-order valence-electron chi connectivity index (χ0n) is 15.9. The Morgan fingerprint density at radius 2 is 1.81 bits per heavy atom. The number of hydrogen-bond acceptors (Lipinski definition) is 3. The van der Waals surface area contributed by atoms with Crippen molar-refractivity contribution in [2.45, 2.75) is 32.7 Å². The number of carbonyl (C=O) groups is 3. The second-order valence-corrected chi connectivity index (χ2v) is 7.36. The van der Waals surface area contributed by atoms with Gasteiger partial charge in [-0.05, 0) is 44.9 Å². The van der Waals surface area contributed by atoms with E-state index in [-0.39, 0.29) is 24.3 Å². The third-order valence-corrected chi connectivity index (χ3v) is 5.57. The average Bonchev–Trinajstić information content (AvgIpc) is 3.13. The molecule has 1 fully saturated rings. The van der Waals surface area contributed by atoms with Gasteiger partial charge >= 0.3 is 0 Å². The van der Waals surface area contributed by atoms with Crippen LogP contribution in [0.5, 0.6) is 0 Å². The van der Waals surface area contributed by atoms with Gasteiger partial charge < -0.3 is 14.7 Å². The molecular formula is C19H25Cl2N3O3. The highest BCUT2D eigenvalue weighted by atomic mass is 35.5. The van der Waals surface area contributed by atoms with Crippen LogP contribution >= 0.6 is 23.2 Å². The van der Waals surface area contributed by atoms with Gasteiger partial charge in [-0.1, -0.05) is 23.2 Å². The van der Waals surface area contributed by atoms with E-state index in [0.29, 0.717) is 41.7 Å². The van der Waals surface area contributed by atoms with Gasteiger partial charge in [0, 0.05) is 32.2 Å². The van der Waals surface area contributed by atoms with E-state index in [1.165, 1.54) is 11.0 Å². The van der Waals surface area contributed by atoms with Crippen LogP contribution in [0.3, 0.4) is 0 Å². The normalized spacial score (nSPS) is 16.3. The van der Waals surface area contributed by atoms with Gasteiger partial charge in [0.15, 0.2) is 0 Å². The smallest absolute Gasteiger partial charge is 0.254 e. The van der Waals surface area contributed by atoms with Gasteiger partial charge in [-0.25, -0.2) is 0 Å². The van der Waals surface area contributed by atoms with E-state index in [1.54, 1.807) is 29.0 Å². The van der Waals surface area contributed by atoms with Crippen molar-refractivity contribution in [3.05, 3.63) is 33.8 Å². The summed E-state index contributed by atoms with van der Waals surface area (Å²) < 4.78 is 0. The Labute approximate surface area is 170 Å². The van der Waals surface area contributed by atoms with E-state index in [9.17, 15) is 14.4 Å². The van der Waals surface area contributed by atoms with E-state index in [1.807, 2.05) is 13.8 Å². The SMILES string of the molecule is CCN(CC)C(=O)CN(C)C(=O)C1CCCN1C(=O)c1ccc(Cl)c(Cl)c1. The van der Waals surface area contributed by atoms with Crippen molar-refractivity contribution in [3.8, 4) is 0 Å². The Bertz CT molecular complexity index is 722. The third-order valence-electron chi connectivity index (χ3n) is 4.83. The van der Waals surface area contributed by atoms with Crippen LogP contribution < -0.4 is 0 Å². The zero-order chi connectivity index (χ0) is 20.1. The molecule has 1 aromatic carbocycles. The van der Waals surface area contributed by atoms with Crippen molar-refractivity contribution in [1.82, 2.24) is 14.7 Å². The highest BCUT2D eigenvalue weighted by Crippen LogP contribution is 2.26. The first-order chi connectivity index (χ1) is 12.8. The summed E-state index contributed by atoms with van der Waals surface area (Å²) in [5, 5.41) is 0.670. The maximum atomic E-state index is 12.9. The van der Waals surface area contributed by atoms with Crippen molar-refractivity contribution in [2.24, 2.45) is 0 Å². The molecule has 0 spiro atoms. The van der Waals surface area contributed by atoms with Gasteiger partial charge in [-0.15, -0.1) is 0 Å². The molecule has 6 nitrogen and oxygen atoms in total. The van der Waals surface area contributed by atoms with Gasteiger partial charge in [-0.2, -0.15) is 0 Å². The Hall–Kier alpha value is -1.79. The molecule has 3 amide bonds. The van der Waals surface area contributed by atoms with Gasteiger partial charge in [0.1, 0.15) is 6.04 Å². The van der Waals surface area contributed by atoms with Crippen molar-refractivity contribution in [2.75, 3.05) is 33.2 Å². The standard InChI is InChI=1S/C19H25Cl2N3O3/c1-4-23(5-2)17(25)12-22(3)19(27)16-7-6-10-24(16)18(26)13-8-9-14(20)15(21)11-13/h8-9,11,16H,4-7,10,12H2,1-3H3. The monoisotopic (exact) mass is 413 g/mol. The Balaban J connectivity index is 2.10. The van der Waals surface area contributed by atoms with Crippen LogP contribution in [0.2, 0.25) is 10.0 Å². The van der Waals surface area contributed by atoms with E-state index in [0.717, 1.165) is 6.42 Å². The lowest BCUT2D eigenvalue weighted by molar-refractivity contribution is -0.141. The fraction of sp³-hybridized carbons (Fsp3) is 0.526. The molecule has 1 aliphatic rings. The fourth-order valence-electron chi connectivity index (χ4n) is 3.27. The maximum absolute atomic E-state index is 12.9. The third kappa shape index (κ3) is 4.93. The summed E-state index contributed by atoms with van der Waals surface area (Å²) in [4.78, 5) is 42.6. The predicted molar refractivity (Wildman–Crippen MR) is 106 cm³/mol. The summed E-state index contributed by atoms with van der Waals surface area (Å²) in [6.07, 6.45) is 1.32. The van der Waals surface area contributed by atoms with E-state index in [2.05, 4.69) is 0 Å². The molecule has 1 aromatic rings. The Morgan fingerprint density at radius 3 is 2.41 bits per heavy atom. The minimum absolute atomic E-state index is 0.00577. The Morgan fingerprint density at radius 1 is 1.15 bits per heavy atom. The van der Waals surface area contributed by atoms with Crippen molar-refractivity contribution in [3.63, 3.8) is 0 Å². The maximum Gasteiger partial charge on any atom is 0.254 e. The summed E-state index contributed by atoms with van der Waals surface area (Å²) in [6.45, 7) is 5.50. The predicted octanol–water partition coefficient (Wildman–Crippen LogP) is 2.92. The molecule has 1 saturated heterocycles. The fourth-order valence-corrected chi connectivity index (χ4v) is 3.57. The van der Waals surface area contributed by atoms with Crippen LogP contribution in [-0.2, 0) is 9.59 Å². The molecule has 0 aromatic heterocycles. The number of carbonyl (C=O) groups excluding carboxylic acids is 3. The highest BCUT2D eigenvalue weighted by molar-refractivity contribution is 6.42. The molecule has 0 aliphatic carbocycles. The van der Waals surface area contributed by atoms with Crippen LogP contribution in [0.4, 0.5) is 0 Å². The number of hydrogen-bond donors (Lipinski definition) is 0. The van der Waals surface area contributed by atoms with Crippen LogP contribution in [0.1, 0.15) is 37.0 Å². The molecule has 1 heterocycles. The van der Waals surface area contributed by atoms with E-state index >= 15 is 0 Å². The number of rotatable bonds is 6. The number of likely N-dealkylation sites (N-methyl/N-ethyl adjacent to an activating group) is 2. The molecule has 0 N–H and O–H groups in total.